The first kappa shape index (κ1) is 13.9. The van der Waals surface area contributed by atoms with Gasteiger partial charge in [0, 0.05) is 31.1 Å². The third kappa shape index (κ3) is 2.70. The largest absolute Gasteiger partial charge is 0.487 e. The molecule has 0 spiro atoms. The van der Waals surface area contributed by atoms with E-state index in [2.05, 4.69) is 43.9 Å². The van der Waals surface area contributed by atoms with Crippen LogP contribution in [0.2, 0.25) is 0 Å². The molecule has 0 bridgehead atoms. The molecule has 110 valence electrons. The second kappa shape index (κ2) is 5.05. The van der Waals surface area contributed by atoms with Gasteiger partial charge >= 0.3 is 0 Å². The van der Waals surface area contributed by atoms with E-state index in [0.717, 1.165) is 31.8 Å². The normalized spacial score (nSPS) is 26.3. The average Bonchev–Trinajstić information content (AvgIpc) is 2.92. The number of hydrogen-bond donors (Lipinski definition) is 1. The Morgan fingerprint density at radius 1 is 1.45 bits per heavy atom. The van der Waals surface area contributed by atoms with E-state index >= 15 is 0 Å². The third-order valence-corrected chi connectivity index (χ3v) is 4.62. The predicted molar refractivity (Wildman–Crippen MR) is 81.9 cm³/mol. The van der Waals surface area contributed by atoms with Gasteiger partial charge in [-0.1, -0.05) is 18.2 Å². The quantitative estimate of drug-likeness (QED) is 0.920. The Balaban J connectivity index is 1.73. The fourth-order valence-electron chi connectivity index (χ4n) is 3.48. The Hall–Kier alpha value is -1.06. The minimum atomic E-state index is -0.0578. The van der Waals surface area contributed by atoms with Gasteiger partial charge in [-0.2, -0.15) is 0 Å². The summed E-state index contributed by atoms with van der Waals surface area (Å²) < 4.78 is 6.16. The predicted octanol–water partition coefficient (Wildman–Crippen LogP) is 2.57. The first-order valence-electron chi connectivity index (χ1n) is 7.72. The van der Waals surface area contributed by atoms with Gasteiger partial charge in [-0.25, -0.2) is 0 Å². The molecule has 2 heterocycles. The van der Waals surface area contributed by atoms with E-state index in [9.17, 15) is 0 Å². The van der Waals surface area contributed by atoms with Crippen LogP contribution in [0.4, 0.5) is 0 Å². The van der Waals surface area contributed by atoms with Gasteiger partial charge in [0.1, 0.15) is 11.4 Å². The maximum atomic E-state index is 6.16. The Bertz CT molecular complexity index is 496. The van der Waals surface area contributed by atoms with Crippen molar-refractivity contribution in [3.05, 3.63) is 29.3 Å². The van der Waals surface area contributed by atoms with Crippen molar-refractivity contribution in [1.29, 1.82) is 0 Å². The number of ether oxygens (including phenoxy) is 1. The molecular weight excluding hydrogens is 248 g/mol. The molecule has 2 N–H and O–H groups in total. The summed E-state index contributed by atoms with van der Waals surface area (Å²) in [6.07, 6.45) is 2.23. The second-order valence-electron chi connectivity index (χ2n) is 7.09. The minimum absolute atomic E-state index is 0.0578. The van der Waals surface area contributed by atoms with Crippen molar-refractivity contribution in [1.82, 2.24) is 4.90 Å². The fraction of sp³-hybridized carbons (Fsp3) is 0.647. The maximum Gasteiger partial charge on any atom is 0.127 e. The smallest absolute Gasteiger partial charge is 0.127 e. The molecule has 1 aromatic rings. The van der Waals surface area contributed by atoms with Gasteiger partial charge in [0.05, 0.1) is 0 Å². The fourth-order valence-corrected chi connectivity index (χ4v) is 3.48. The van der Waals surface area contributed by atoms with E-state index in [1.807, 2.05) is 0 Å². The first-order chi connectivity index (χ1) is 9.44. The molecule has 0 aromatic heterocycles. The van der Waals surface area contributed by atoms with Crippen molar-refractivity contribution in [2.24, 2.45) is 11.7 Å². The maximum absolute atomic E-state index is 6.16. The molecule has 0 aliphatic carbocycles. The Morgan fingerprint density at radius 2 is 2.25 bits per heavy atom. The highest BCUT2D eigenvalue weighted by Gasteiger charge is 2.32. The minimum Gasteiger partial charge on any atom is -0.487 e. The molecule has 3 rings (SSSR count). The van der Waals surface area contributed by atoms with Crippen LogP contribution in [0.1, 0.15) is 38.3 Å². The summed E-state index contributed by atoms with van der Waals surface area (Å²) in [5.41, 5.74) is 8.66. The molecule has 3 nitrogen and oxygen atoms in total. The Kier molecular flexibility index (Phi) is 3.51. The average molecular weight is 274 g/mol. The molecule has 0 amide bonds. The van der Waals surface area contributed by atoms with Crippen LogP contribution in [0.5, 0.6) is 5.75 Å². The standard InChI is InChI=1S/C17H26N2O/c1-12(18)14-7-8-19(10-14)11-15-6-4-5-13-9-17(2,3)20-16(13)15/h4-6,12,14H,7-11,18H2,1-3H3. The number of para-hydroxylation sites is 1. The summed E-state index contributed by atoms with van der Waals surface area (Å²) in [7, 11) is 0. The number of fused-ring (bicyclic) bond motifs is 1. The van der Waals surface area contributed by atoms with E-state index in [1.165, 1.54) is 17.5 Å². The van der Waals surface area contributed by atoms with E-state index in [-0.39, 0.29) is 5.60 Å². The van der Waals surface area contributed by atoms with Crippen molar-refractivity contribution < 1.29 is 4.74 Å². The summed E-state index contributed by atoms with van der Waals surface area (Å²) in [5.74, 6) is 1.77. The summed E-state index contributed by atoms with van der Waals surface area (Å²) in [5, 5.41) is 0. The number of nitrogens with two attached hydrogens (primary N) is 1. The lowest BCUT2D eigenvalue weighted by Crippen LogP contribution is -2.29. The summed E-state index contributed by atoms with van der Waals surface area (Å²) in [6, 6.07) is 6.87. The van der Waals surface area contributed by atoms with Crippen LogP contribution in [-0.4, -0.2) is 29.6 Å². The lowest BCUT2D eigenvalue weighted by Gasteiger charge is -2.21. The molecule has 0 saturated carbocycles. The highest BCUT2D eigenvalue weighted by atomic mass is 16.5. The van der Waals surface area contributed by atoms with Crippen LogP contribution in [-0.2, 0) is 13.0 Å². The van der Waals surface area contributed by atoms with E-state index in [4.69, 9.17) is 10.5 Å². The third-order valence-electron chi connectivity index (χ3n) is 4.62. The van der Waals surface area contributed by atoms with Gasteiger partial charge in [-0.3, -0.25) is 4.90 Å². The second-order valence-corrected chi connectivity index (χ2v) is 7.09. The number of benzene rings is 1. The SMILES string of the molecule is CC(N)C1CCN(Cc2cccc3c2OC(C)(C)C3)C1. The van der Waals surface area contributed by atoms with Gasteiger partial charge in [-0.05, 0) is 45.2 Å². The molecule has 1 aromatic carbocycles. The molecule has 0 radical (unpaired) electrons. The number of hydrogen-bond acceptors (Lipinski definition) is 3. The number of nitrogens with zero attached hydrogens (tertiary/aromatic N) is 1. The van der Waals surface area contributed by atoms with Gasteiger partial charge < -0.3 is 10.5 Å². The molecule has 1 saturated heterocycles. The van der Waals surface area contributed by atoms with Gasteiger partial charge in [0.2, 0.25) is 0 Å². The van der Waals surface area contributed by atoms with Crippen molar-refractivity contribution in [2.75, 3.05) is 13.1 Å². The molecule has 2 aliphatic heterocycles. The van der Waals surface area contributed by atoms with Gasteiger partial charge in [0.25, 0.3) is 0 Å². The van der Waals surface area contributed by atoms with Crippen LogP contribution >= 0.6 is 0 Å². The topological polar surface area (TPSA) is 38.5 Å². The van der Waals surface area contributed by atoms with Gasteiger partial charge in [0.15, 0.2) is 0 Å². The Morgan fingerprint density at radius 3 is 2.95 bits per heavy atom. The molecule has 3 heteroatoms. The first-order valence-corrected chi connectivity index (χ1v) is 7.72. The van der Waals surface area contributed by atoms with Crippen LogP contribution < -0.4 is 10.5 Å². The van der Waals surface area contributed by atoms with E-state index in [0.29, 0.717) is 12.0 Å². The molecular formula is C17H26N2O. The summed E-state index contributed by atoms with van der Waals surface area (Å²) >= 11 is 0. The van der Waals surface area contributed by atoms with Crippen molar-refractivity contribution in [3.63, 3.8) is 0 Å². The lowest BCUT2D eigenvalue weighted by molar-refractivity contribution is 0.135. The highest BCUT2D eigenvalue weighted by Crippen LogP contribution is 2.38. The van der Waals surface area contributed by atoms with Crippen LogP contribution in [0, 0.1) is 5.92 Å². The molecule has 2 unspecified atom stereocenters. The molecule has 20 heavy (non-hydrogen) atoms. The number of likely N-dealkylation sites (tertiary alicyclic amines) is 1. The zero-order valence-electron chi connectivity index (χ0n) is 12.9. The van der Waals surface area contributed by atoms with Crippen molar-refractivity contribution in [3.8, 4) is 5.75 Å². The summed E-state index contributed by atoms with van der Waals surface area (Å²) in [6.45, 7) is 9.71. The molecule has 2 aliphatic rings. The monoisotopic (exact) mass is 274 g/mol. The van der Waals surface area contributed by atoms with Crippen LogP contribution in [0.25, 0.3) is 0 Å². The summed E-state index contributed by atoms with van der Waals surface area (Å²) in [4.78, 5) is 2.51. The molecule has 2 atom stereocenters. The van der Waals surface area contributed by atoms with Gasteiger partial charge in [-0.15, -0.1) is 0 Å². The van der Waals surface area contributed by atoms with Crippen molar-refractivity contribution >= 4 is 0 Å². The van der Waals surface area contributed by atoms with Crippen molar-refractivity contribution in [2.45, 2.75) is 51.8 Å². The number of rotatable bonds is 3. The zero-order valence-corrected chi connectivity index (χ0v) is 12.9. The van der Waals surface area contributed by atoms with E-state index < -0.39 is 0 Å². The lowest BCUT2D eigenvalue weighted by atomic mass is 10.0. The van der Waals surface area contributed by atoms with E-state index in [1.54, 1.807) is 0 Å². The van der Waals surface area contributed by atoms with Crippen LogP contribution in [0.15, 0.2) is 18.2 Å². The molecule has 1 fully saturated rings. The zero-order chi connectivity index (χ0) is 14.3. The van der Waals surface area contributed by atoms with Crippen LogP contribution in [0.3, 0.4) is 0 Å². The Labute approximate surface area is 122 Å². The highest BCUT2D eigenvalue weighted by molar-refractivity contribution is 5.45.